The molecule has 3 aromatic rings. The molecule has 6 nitrogen and oxygen atoms in total. The van der Waals surface area contributed by atoms with Crippen molar-refractivity contribution in [3.63, 3.8) is 0 Å². The fourth-order valence-electron chi connectivity index (χ4n) is 4.77. The molecule has 0 amide bonds. The number of piperidine rings is 1. The fraction of sp³-hybridized carbons (Fsp3) is 0.481. The molecule has 7 heteroatoms. The van der Waals surface area contributed by atoms with Crippen LogP contribution in [0.1, 0.15) is 60.3 Å². The smallest absolute Gasteiger partial charge is 0.171 e. The number of aryl methyl sites for hydroxylation is 2. The third-order valence-electron chi connectivity index (χ3n) is 6.68. The van der Waals surface area contributed by atoms with Crippen molar-refractivity contribution in [2.24, 2.45) is 0 Å². The second-order valence-electron chi connectivity index (χ2n) is 9.32. The van der Waals surface area contributed by atoms with Crippen LogP contribution in [0.3, 0.4) is 0 Å². The van der Waals surface area contributed by atoms with Gasteiger partial charge in [-0.25, -0.2) is 4.98 Å². The van der Waals surface area contributed by atoms with E-state index >= 15 is 0 Å². The number of pyridine rings is 1. The van der Waals surface area contributed by atoms with E-state index in [0.29, 0.717) is 23.2 Å². The van der Waals surface area contributed by atoms with Crippen LogP contribution in [0.2, 0.25) is 0 Å². The first kappa shape index (κ1) is 24.6. The molecule has 0 spiro atoms. The molecule has 2 aromatic heterocycles. The summed E-state index contributed by atoms with van der Waals surface area (Å²) in [6.45, 7) is 6.19. The van der Waals surface area contributed by atoms with Gasteiger partial charge in [-0.2, -0.15) is 0 Å². The molecule has 1 aliphatic rings. The molecule has 0 saturated carbocycles. The van der Waals surface area contributed by atoms with Gasteiger partial charge < -0.3 is 21.1 Å². The number of aliphatic hydroxyl groups excluding tert-OH is 1. The van der Waals surface area contributed by atoms with Gasteiger partial charge in [0.25, 0.3) is 0 Å². The lowest BCUT2D eigenvalue weighted by molar-refractivity contribution is 0.102. The van der Waals surface area contributed by atoms with Crippen LogP contribution in [0.15, 0.2) is 36.4 Å². The van der Waals surface area contributed by atoms with Gasteiger partial charge in [0, 0.05) is 38.0 Å². The normalized spacial score (nSPS) is 15.7. The molecule has 4 N–H and O–H groups in total. The number of carbonyl (C=O) groups excluding carboxylic acids is 1. The number of fused-ring (bicyclic) bond motifs is 1. The number of carbonyl (C=O) groups is 1. The first-order valence-electron chi connectivity index (χ1n) is 12.4. The molecule has 4 rings (SSSR count). The van der Waals surface area contributed by atoms with Crippen molar-refractivity contribution >= 4 is 38.8 Å². The minimum absolute atomic E-state index is 0.00217. The van der Waals surface area contributed by atoms with Crippen LogP contribution in [-0.4, -0.2) is 47.7 Å². The van der Waals surface area contributed by atoms with Crippen LogP contribution < -0.4 is 16.0 Å². The van der Waals surface area contributed by atoms with E-state index in [1.807, 2.05) is 18.2 Å². The highest BCUT2D eigenvalue weighted by Gasteiger charge is 2.23. The number of hydrogen-bond donors (Lipinski definition) is 3. The minimum atomic E-state index is -0.335. The quantitative estimate of drug-likeness (QED) is 0.368. The Balaban J connectivity index is 1.34. The standard InChI is InChI=1S/C27H36N4O2S/c1-3-7-20-16-23(30-27-24(20)25(28)26(34-27)18(2)32)31-14-12-21(13-15-31)29-17-22(33)11-10-19-8-5-4-6-9-19/h4-6,8-9,16,21-22,29,33H,3,7,10-15,17,28H2,1-2H3. The molecule has 182 valence electrons. The number of ketones is 1. The van der Waals surface area contributed by atoms with Crippen LogP contribution in [-0.2, 0) is 12.8 Å². The van der Waals surface area contributed by atoms with Gasteiger partial charge in [-0.1, -0.05) is 43.7 Å². The lowest BCUT2D eigenvalue weighted by Gasteiger charge is -2.34. The van der Waals surface area contributed by atoms with E-state index in [2.05, 4.69) is 35.3 Å². The monoisotopic (exact) mass is 480 g/mol. The summed E-state index contributed by atoms with van der Waals surface area (Å²) >= 11 is 1.41. The van der Waals surface area contributed by atoms with E-state index in [1.165, 1.54) is 22.5 Å². The van der Waals surface area contributed by atoms with E-state index in [0.717, 1.165) is 67.6 Å². The average molecular weight is 481 g/mol. The molecule has 34 heavy (non-hydrogen) atoms. The summed E-state index contributed by atoms with van der Waals surface area (Å²) in [5.41, 5.74) is 9.38. The van der Waals surface area contributed by atoms with Crippen molar-refractivity contribution in [3.8, 4) is 0 Å². The van der Waals surface area contributed by atoms with Crippen molar-refractivity contribution in [2.75, 3.05) is 30.3 Å². The van der Waals surface area contributed by atoms with Crippen molar-refractivity contribution < 1.29 is 9.90 Å². The summed E-state index contributed by atoms with van der Waals surface area (Å²) in [7, 11) is 0. The number of aromatic nitrogens is 1. The zero-order valence-corrected chi connectivity index (χ0v) is 21.0. The van der Waals surface area contributed by atoms with Crippen LogP contribution in [0.5, 0.6) is 0 Å². The Morgan fingerprint density at radius 1 is 1.26 bits per heavy atom. The van der Waals surface area contributed by atoms with Crippen molar-refractivity contribution in [1.82, 2.24) is 10.3 Å². The molecular formula is C27H36N4O2S. The van der Waals surface area contributed by atoms with E-state index < -0.39 is 0 Å². The van der Waals surface area contributed by atoms with E-state index in [-0.39, 0.29) is 11.9 Å². The molecule has 1 unspecified atom stereocenters. The number of aliphatic hydroxyl groups is 1. The molecule has 0 radical (unpaired) electrons. The maximum Gasteiger partial charge on any atom is 0.171 e. The lowest BCUT2D eigenvalue weighted by Crippen LogP contribution is -2.45. The topological polar surface area (TPSA) is 91.5 Å². The highest BCUT2D eigenvalue weighted by atomic mass is 32.1. The molecule has 0 bridgehead atoms. The lowest BCUT2D eigenvalue weighted by atomic mass is 10.0. The summed E-state index contributed by atoms with van der Waals surface area (Å²) in [6.07, 6.45) is 5.30. The maximum absolute atomic E-state index is 12.0. The molecule has 1 aromatic carbocycles. The summed E-state index contributed by atoms with van der Waals surface area (Å²) in [5, 5.41) is 14.9. The minimum Gasteiger partial charge on any atom is -0.397 e. The molecule has 1 aliphatic heterocycles. The molecule has 1 atom stereocenters. The second kappa shape index (κ2) is 11.3. The van der Waals surface area contributed by atoms with Gasteiger partial charge >= 0.3 is 0 Å². The van der Waals surface area contributed by atoms with E-state index in [9.17, 15) is 9.90 Å². The van der Waals surface area contributed by atoms with Gasteiger partial charge in [0.05, 0.1) is 16.7 Å². The molecular weight excluding hydrogens is 444 g/mol. The first-order valence-corrected chi connectivity index (χ1v) is 13.2. The predicted octanol–water partition coefficient (Wildman–Crippen LogP) is 4.59. The number of benzene rings is 1. The molecule has 1 saturated heterocycles. The number of rotatable bonds is 10. The Morgan fingerprint density at radius 3 is 2.68 bits per heavy atom. The van der Waals surface area contributed by atoms with Crippen LogP contribution in [0.25, 0.3) is 10.2 Å². The number of nitrogens with two attached hydrogens (primary N) is 1. The van der Waals surface area contributed by atoms with Gasteiger partial charge in [-0.05, 0) is 49.3 Å². The van der Waals surface area contributed by atoms with Gasteiger partial charge in [0.2, 0.25) is 0 Å². The Bertz CT molecular complexity index is 1110. The van der Waals surface area contributed by atoms with Gasteiger partial charge in [0.1, 0.15) is 10.6 Å². The Kier molecular flexibility index (Phi) is 8.19. The zero-order valence-electron chi connectivity index (χ0n) is 20.2. The molecule has 3 heterocycles. The number of anilines is 2. The zero-order chi connectivity index (χ0) is 24.1. The largest absolute Gasteiger partial charge is 0.397 e. The third kappa shape index (κ3) is 5.77. The van der Waals surface area contributed by atoms with Crippen molar-refractivity contribution in [3.05, 3.63) is 52.4 Å². The number of hydrogen-bond acceptors (Lipinski definition) is 7. The third-order valence-corrected chi connectivity index (χ3v) is 7.88. The Labute approximate surface area is 206 Å². The Morgan fingerprint density at radius 2 is 2.00 bits per heavy atom. The van der Waals surface area contributed by atoms with Gasteiger partial charge in [-0.15, -0.1) is 11.3 Å². The summed E-state index contributed by atoms with van der Waals surface area (Å²) in [5.74, 6) is 0.982. The predicted molar refractivity (Wildman–Crippen MR) is 142 cm³/mol. The van der Waals surface area contributed by atoms with Crippen molar-refractivity contribution in [2.45, 2.75) is 64.5 Å². The highest BCUT2D eigenvalue weighted by molar-refractivity contribution is 7.21. The summed E-state index contributed by atoms with van der Waals surface area (Å²) in [4.78, 5) is 20.7. The second-order valence-corrected chi connectivity index (χ2v) is 10.3. The number of nitrogen functional groups attached to an aromatic ring is 1. The van der Waals surface area contributed by atoms with Crippen LogP contribution in [0, 0.1) is 0 Å². The summed E-state index contributed by atoms with van der Waals surface area (Å²) < 4.78 is 0. The SMILES string of the molecule is CCCc1cc(N2CCC(NCC(O)CCc3ccccc3)CC2)nc2sc(C(C)=O)c(N)c12. The van der Waals surface area contributed by atoms with Crippen LogP contribution in [0.4, 0.5) is 11.5 Å². The average Bonchev–Trinajstić information content (AvgIpc) is 3.19. The van der Waals surface area contributed by atoms with Crippen molar-refractivity contribution in [1.29, 1.82) is 0 Å². The maximum atomic E-state index is 12.0. The summed E-state index contributed by atoms with van der Waals surface area (Å²) in [6, 6.07) is 12.9. The van der Waals surface area contributed by atoms with Crippen LogP contribution >= 0.6 is 11.3 Å². The number of Topliss-reactive ketones (excluding diaryl/α,β-unsaturated/α-hetero) is 1. The van der Waals surface area contributed by atoms with E-state index in [1.54, 1.807) is 6.92 Å². The number of nitrogens with zero attached hydrogens (tertiary/aromatic N) is 2. The first-order chi connectivity index (χ1) is 16.5. The fourth-order valence-corrected chi connectivity index (χ4v) is 5.80. The van der Waals surface area contributed by atoms with E-state index in [4.69, 9.17) is 10.7 Å². The molecule has 0 aliphatic carbocycles. The van der Waals surface area contributed by atoms with Gasteiger partial charge in [0.15, 0.2) is 5.78 Å². The number of nitrogens with one attached hydrogen (secondary N) is 1. The highest BCUT2D eigenvalue weighted by Crippen LogP contribution is 2.38. The number of thiophene rings is 1. The molecule has 1 fully saturated rings. The van der Waals surface area contributed by atoms with Gasteiger partial charge in [-0.3, -0.25) is 4.79 Å². The Hall–Kier alpha value is -2.48.